The van der Waals surface area contributed by atoms with E-state index in [1.807, 2.05) is 4.90 Å². The third-order valence-corrected chi connectivity index (χ3v) is 3.42. The number of amides is 1. The van der Waals surface area contributed by atoms with Gasteiger partial charge in [0.25, 0.3) is 0 Å². The van der Waals surface area contributed by atoms with E-state index in [4.69, 9.17) is 4.74 Å². The quantitative estimate of drug-likeness (QED) is 0.846. The van der Waals surface area contributed by atoms with Crippen molar-refractivity contribution >= 4 is 11.9 Å². The van der Waals surface area contributed by atoms with Crippen LogP contribution >= 0.6 is 0 Å². The van der Waals surface area contributed by atoms with Crippen LogP contribution in [-0.4, -0.2) is 54.1 Å². The molecule has 1 aromatic rings. The summed E-state index contributed by atoms with van der Waals surface area (Å²) in [6, 6.07) is 1.73. The largest absolute Gasteiger partial charge is 0.481 e. The van der Waals surface area contributed by atoms with E-state index in [0.717, 1.165) is 26.2 Å². The number of nitrogens with zero attached hydrogens (tertiary/aromatic N) is 4. The Bertz CT molecular complexity index is 491. The lowest BCUT2D eigenvalue weighted by Crippen LogP contribution is -2.49. The molecule has 6 nitrogen and oxygen atoms in total. The van der Waals surface area contributed by atoms with Gasteiger partial charge in [-0.05, 0) is 5.41 Å². The Labute approximate surface area is 126 Å². The maximum atomic E-state index is 12.2. The van der Waals surface area contributed by atoms with Crippen LogP contribution in [0.1, 0.15) is 27.2 Å². The van der Waals surface area contributed by atoms with Crippen molar-refractivity contribution in [3.05, 3.63) is 12.3 Å². The van der Waals surface area contributed by atoms with Crippen molar-refractivity contribution in [3.63, 3.8) is 0 Å². The number of hydrogen-bond donors (Lipinski definition) is 0. The summed E-state index contributed by atoms with van der Waals surface area (Å²) in [7, 11) is 1.59. The normalized spacial score (nSPS) is 16.0. The summed E-state index contributed by atoms with van der Waals surface area (Å²) in [5.74, 6) is 1.46. The molecule has 0 saturated carbocycles. The molecule has 1 amide bonds. The highest BCUT2D eigenvalue weighted by Gasteiger charge is 2.25. The van der Waals surface area contributed by atoms with Crippen LogP contribution in [0.5, 0.6) is 5.88 Å². The zero-order chi connectivity index (χ0) is 15.5. The van der Waals surface area contributed by atoms with E-state index in [1.54, 1.807) is 19.4 Å². The molecule has 21 heavy (non-hydrogen) atoms. The zero-order valence-electron chi connectivity index (χ0n) is 13.3. The minimum atomic E-state index is 0.0319. The van der Waals surface area contributed by atoms with Gasteiger partial charge in [-0.25, -0.2) is 4.98 Å². The highest BCUT2D eigenvalue weighted by atomic mass is 16.5. The van der Waals surface area contributed by atoms with Gasteiger partial charge in [0.05, 0.1) is 7.11 Å². The smallest absolute Gasteiger partial charge is 0.228 e. The molecule has 6 heteroatoms. The third-order valence-electron chi connectivity index (χ3n) is 3.42. The summed E-state index contributed by atoms with van der Waals surface area (Å²) < 4.78 is 5.12. The second-order valence-corrected chi connectivity index (χ2v) is 6.50. The fraction of sp³-hybridized carbons (Fsp3) is 0.667. The van der Waals surface area contributed by atoms with Gasteiger partial charge in [0.2, 0.25) is 17.7 Å². The van der Waals surface area contributed by atoms with E-state index in [0.29, 0.717) is 18.2 Å². The monoisotopic (exact) mass is 292 g/mol. The number of carbonyl (C=O) groups excluding carboxylic acids is 1. The first-order valence-corrected chi connectivity index (χ1v) is 7.29. The van der Waals surface area contributed by atoms with Crippen LogP contribution in [0.2, 0.25) is 0 Å². The van der Waals surface area contributed by atoms with E-state index in [2.05, 4.69) is 35.6 Å². The number of carbonyl (C=O) groups is 1. The van der Waals surface area contributed by atoms with E-state index in [9.17, 15) is 4.79 Å². The Kier molecular flexibility index (Phi) is 4.65. The van der Waals surface area contributed by atoms with Crippen molar-refractivity contribution in [2.75, 3.05) is 38.2 Å². The average molecular weight is 292 g/mol. The van der Waals surface area contributed by atoms with Gasteiger partial charge in [0.15, 0.2) is 0 Å². The summed E-state index contributed by atoms with van der Waals surface area (Å²) >= 11 is 0. The molecule has 0 N–H and O–H groups in total. The SMILES string of the molecule is COc1ccnc(N2CCN(C(=O)CC(C)(C)C)CC2)n1. The minimum Gasteiger partial charge on any atom is -0.481 e. The van der Waals surface area contributed by atoms with Gasteiger partial charge in [-0.1, -0.05) is 20.8 Å². The summed E-state index contributed by atoms with van der Waals surface area (Å²) in [5.41, 5.74) is 0.0319. The maximum absolute atomic E-state index is 12.2. The number of hydrogen-bond acceptors (Lipinski definition) is 5. The molecule has 0 spiro atoms. The lowest BCUT2D eigenvalue weighted by Gasteiger charge is -2.35. The van der Waals surface area contributed by atoms with E-state index < -0.39 is 0 Å². The molecule has 0 radical (unpaired) electrons. The number of anilines is 1. The van der Waals surface area contributed by atoms with Gasteiger partial charge in [0, 0.05) is 44.9 Å². The van der Waals surface area contributed by atoms with Crippen molar-refractivity contribution in [1.29, 1.82) is 0 Å². The Hall–Kier alpha value is -1.85. The first-order chi connectivity index (χ1) is 9.89. The second-order valence-electron chi connectivity index (χ2n) is 6.50. The fourth-order valence-electron chi connectivity index (χ4n) is 2.32. The van der Waals surface area contributed by atoms with Gasteiger partial charge in [-0.2, -0.15) is 4.98 Å². The van der Waals surface area contributed by atoms with E-state index in [-0.39, 0.29) is 11.3 Å². The van der Waals surface area contributed by atoms with Gasteiger partial charge in [-0.3, -0.25) is 4.79 Å². The van der Waals surface area contributed by atoms with Crippen LogP contribution in [-0.2, 0) is 4.79 Å². The van der Waals surface area contributed by atoms with Crippen LogP contribution in [0.25, 0.3) is 0 Å². The second kappa shape index (κ2) is 6.28. The molecular formula is C15H24N4O2. The molecule has 0 aromatic carbocycles. The molecule has 1 saturated heterocycles. The lowest BCUT2D eigenvalue weighted by molar-refractivity contribution is -0.133. The number of methoxy groups -OCH3 is 1. The predicted molar refractivity (Wildman–Crippen MR) is 81.4 cm³/mol. The Morgan fingerprint density at radius 1 is 1.29 bits per heavy atom. The number of piperazine rings is 1. The molecular weight excluding hydrogens is 268 g/mol. The summed E-state index contributed by atoms with van der Waals surface area (Å²) in [4.78, 5) is 24.8. The van der Waals surface area contributed by atoms with Crippen molar-refractivity contribution in [2.24, 2.45) is 5.41 Å². The Balaban J connectivity index is 1.92. The van der Waals surface area contributed by atoms with Crippen LogP contribution in [0.4, 0.5) is 5.95 Å². The third kappa shape index (κ3) is 4.31. The van der Waals surface area contributed by atoms with Gasteiger partial charge < -0.3 is 14.5 Å². The highest BCUT2D eigenvalue weighted by Crippen LogP contribution is 2.21. The molecule has 0 atom stereocenters. The van der Waals surface area contributed by atoms with Crippen LogP contribution in [0.3, 0.4) is 0 Å². The highest BCUT2D eigenvalue weighted by molar-refractivity contribution is 5.77. The van der Waals surface area contributed by atoms with Gasteiger partial charge in [-0.15, -0.1) is 0 Å². The number of rotatable bonds is 3. The van der Waals surface area contributed by atoms with Crippen molar-refractivity contribution < 1.29 is 9.53 Å². The van der Waals surface area contributed by atoms with Gasteiger partial charge in [0.1, 0.15) is 0 Å². The van der Waals surface area contributed by atoms with Crippen molar-refractivity contribution in [2.45, 2.75) is 27.2 Å². The fourth-order valence-corrected chi connectivity index (χ4v) is 2.32. The topological polar surface area (TPSA) is 58.6 Å². The van der Waals surface area contributed by atoms with Crippen LogP contribution < -0.4 is 9.64 Å². The van der Waals surface area contributed by atoms with Crippen molar-refractivity contribution in [1.82, 2.24) is 14.9 Å². The molecule has 1 fully saturated rings. The molecule has 116 valence electrons. The summed E-state index contributed by atoms with van der Waals surface area (Å²) in [6.45, 7) is 9.21. The minimum absolute atomic E-state index is 0.0319. The molecule has 0 unspecified atom stereocenters. The first kappa shape index (κ1) is 15.5. The summed E-state index contributed by atoms with van der Waals surface area (Å²) in [5, 5.41) is 0. The Morgan fingerprint density at radius 2 is 1.95 bits per heavy atom. The molecule has 2 rings (SSSR count). The number of aromatic nitrogens is 2. The molecule has 1 aromatic heterocycles. The van der Waals surface area contributed by atoms with E-state index in [1.165, 1.54) is 0 Å². The number of ether oxygens (including phenoxy) is 1. The van der Waals surface area contributed by atoms with E-state index >= 15 is 0 Å². The molecule has 1 aliphatic rings. The van der Waals surface area contributed by atoms with Crippen molar-refractivity contribution in [3.8, 4) is 5.88 Å². The molecule has 0 aliphatic carbocycles. The molecule has 2 heterocycles. The first-order valence-electron chi connectivity index (χ1n) is 7.29. The maximum Gasteiger partial charge on any atom is 0.228 e. The van der Waals surface area contributed by atoms with Crippen LogP contribution in [0, 0.1) is 5.41 Å². The molecule has 0 bridgehead atoms. The lowest BCUT2D eigenvalue weighted by atomic mass is 9.91. The average Bonchev–Trinajstić information content (AvgIpc) is 2.46. The molecule has 1 aliphatic heterocycles. The predicted octanol–water partition coefficient (Wildman–Crippen LogP) is 1.57. The van der Waals surface area contributed by atoms with Gasteiger partial charge >= 0.3 is 0 Å². The zero-order valence-corrected chi connectivity index (χ0v) is 13.3. The summed E-state index contributed by atoms with van der Waals surface area (Å²) in [6.07, 6.45) is 2.28. The Morgan fingerprint density at radius 3 is 2.52 bits per heavy atom. The standard InChI is InChI=1S/C15H24N4O2/c1-15(2,3)11-13(20)18-7-9-19(10-8-18)14-16-6-5-12(17-14)21-4/h5-6H,7-11H2,1-4H3. The van der Waals surface area contributed by atoms with Crippen LogP contribution in [0.15, 0.2) is 12.3 Å².